The molecule has 4 rings (SSSR count). The number of hydrogen-bond donors (Lipinski definition) is 0. The van der Waals surface area contributed by atoms with Gasteiger partial charge in [0, 0.05) is 21.5 Å². The molecule has 1 heterocycles. The van der Waals surface area contributed by atoms with Gasteiger partial charge in [0.05, 0.1) is 23.7 Å². The first-order valence-electron chi connectivity index (χ1n) is 12.5. The first-order valence-corrected chi connectivity index (χ1v) is 13.6. The monoisotopic (exact) mass is 593 g/mol. The number of rotatable bonds is 11. The molecule has 4 aromatic rings. The number of benzene rings is 3. The third-order valence-corrected chi connectivity index (χ3v) is 6.53. The van der Waals surface area contributed by atoms with Gasteiger partial charge in [-0.15, -0.1) is 6.58 Å². The van der Waals surface area contributed by atoms with E-state index in [9.17, 15) is 4.79 Å². The number of aryl methyl sites for hydroxylation is 1. The molecule has 0 fully saturated rings. The Kier molecular flexibility index (Phi) is 9.37. The van der Waals surface area contributed by atoms with Crippen LogP contribution in [0.25, 0.3) is 10.9 Å². The predicted molar refractivity (Wildman–Crippen MR) is 158 cm³/mol. The molecule has 0 N–H and O–H groups in total. The van der Waals surface area contributed by atoms with Crippen molar-refractivity contribution in [1.29, 1.82) is 0 Å². The first-order chi connectivity index (χ1) is 18.4. The number of nitrogens with zero attached hydrogens (tertiary/aromatic N) is 3. The van der Waals surface area contributed by atoms with Crippen molar-refractivity contribution in [2.45, 2.75) is 39.7 Å². The van der Waals surface area contributed by atoms with E-state index in [-0.39, 0.29) is 5.56 Å². The predicted octanol–water partition coefficient (Wildman–Crippen LogP) is 7.35. The average molecular weight is 595 g/mol. The van der Waals surface area contributed by atoms with Crippen LogP contribution in [-0.4, -0.2) is 22.5 Å². The molecule has 0 spiro atoms. The van der Waals surface area contributed by atoms with Crippen molar-refractivity contribution >= 4 is 44.6 Å². The van der Waals surface area contributed by atoms with Crippen molar-refractivity contribution in [2.75, 3.05) is 6.61 Å². The molecule has 3 aromatic carbocycles. The van der Waals surface area contributed by atoms with E-state index in [2.05, 4.69) is 27.6 Å². The van der Waals surface area contributed by atoms with Crippen LogP contribution in [0.4, 0.5) is 0 Å². The Labute approximate surface area is 235 Å². The summed E-state index contributed by atoms with van der Waals surface area (Å²) >= 11 is 9.46. The summed E-state index contributed by atoms with van der Waals surface area (Å²) in [4.78, 5) is 18.1. The van der Waals surface area contributed by atoms with Crippen molar-refractivity contribution in [3.8, 4) is 11.5 Å². The number of halogens is 2. The second kappa shape index (κ2) is 12.9. The van der Waals surface area contributed by atoms with Gasteiger partial charge in [0.25, 0.3) is 5.56 Å². The molecule has 0 saturated carbocycles. The van der Waals surface area contributed by atoms with E-state index in [0.717, 1.165) is 27.6 Å². The lowest BCUT2D eigenvalue weighted by molar-refractivity contribution is 0.267. The van der Waals surface area contributed by atoms with Crippen LogP contribution in [0.2, 0.25) is 5.02 Å². The second-order valence-corrected chi connectivity index (χ2v) is 10.0. The highest BCUT2D eigenvalue weighted by atomic mass is 79.9. The Balaban J connectivity index is 1.74. The van der Waals surface area contributed by atoms with E-state index < -0.39 is 0 Å². The van der Waals surface area contributed by atoms with Gasteiger partial charge < -0.3 is 9.47 Å². The van der Waals surface area contributed by atoms with E-state index in [1.54, 1.807) is 12.3 Å². The number of aromatic nitrogens is 2. The van der Waals surface area contributed by atoms with Crippen LogP contribution in [0.15, 0.2) is 81.6 Å². The van der Waals surface area contributed by atoms with Gasteiger partial charge >= 0.3 is 0 Å². The average Bonchev–Trinajstić information content (AvgIpc) is 2.90. The molecule has 0 atom stereocenters. The number of fused-ring (bicyclic) bond motifs is 1. The third kappa shape index (κ3) is 6.52. The first kappa shape index (κ1) is 27.6. The van der Waals surface area contributed by atoms with Crippen molar-refractivity contribution in [1.82, 2.24) is 9.66 Å². The molecule has 196 valence electrons. The fourth-order valence-corrected chi connectivity index (χ4v) is 4.54. The summed E-state index contributed by atoms with van der Waals surface area (Å²) in [6, 6.07) is 16.9. The number of hydrogen-bond acceptors (Lipinski definition) is 5. The fourth-order valence-electron chi connectivity index (χ4n) is 4.05. The molecule has 0 aliphatic heterocycles. The van der Waals surface area contributed by atoms with Gasteiger partial charge in [0.15, 0.2) is 11.5 Å². The van der Waals surface area contributed by atoms with Crippen LogP contribution in [0, 0.1) is 0 Å². The van der Waals surface area contributed by atoms with Gasteiger partial charge in [0.1, 0.15) is 12.4 Å². The van der Waals surface area contributed by atoms with Gasteiger partial charge in [-0.05, 0) is 73.4 Å². The molecule has 0 unspecified atom stereocenters. The lowest BCUT2D eigenvalue weighted by Crippen LogP contribution is -2.22. The highest BCUT2D eigenvalue weighted by molar-refractivity contribution is 9.10. The summed E-state index contributed by atoms with van der Waals surface area (Å²) in [5, 5.41) is 5.76. The van der Waals surface area contributed by atoms with Crippen LogP contribution >= 0.6 is 27.5 Å². The molecule has 38 heavy (non-hydrogen) atoms. The number of ether oxygens (including phenoxy) is 2. The Morgan fingerprint density at radius 2 is 1.89 bits per heavy atom. The molecule has 8 heteroatoms. The maximum absolute atomic E-state index is 13.4. The van der Waals surface area contributed by atoms with Crippen molar-refractivity contribution < 1.29 is 9.47 Å². The fraction of sp³-hybridized carbons (Fsp3) is 0.233. The maximum atomic E-state index is 13.4. The van der Waals surface area contributed by atoms with Gasteiger partial charge in [-0.2, -0.15) is 9.78 Å². The zero-order valence-corrected chi connectivity index (χ0v) is 23.8. The molecule has 1 aromatic heterocycles. The molecule has 0 amide bonds. The van der Waals surface area contributed by atoms with E-state index in [1.807, 2.05) is 68.5 Å². The minimum Gasteiger partial charge on any atom is -0.490 e. The Bertz CT molecular complexity index is 1530. The topological polar surface area (TPSA) is 65.7 Å². The highest BCUT2D eigenvalue weighted by Crippen LogP contribution is 2.34. The summed E-state index contributed by atoms with van der Waals surface area (Å²) < 4.78 is 14.4. The van der Waals surface area contributed by atoms with Crippen LogP contribution in [-0.2, 0) is 19.4 Å². The highest BCUT2D eigenvalue weighted by Gasteiger charge is 2.15. The molecular weight excluding hydrogens is 566 g/mol. The third-order valence-electron chi connectivity index (χ3n) is 5.79. The summed E-state index contributed by atoms with van der Waals surface area (Å²) in [6.45, 7) is 8.70. The molecule has 0 saturated heterocycles. The molecule has 0 aliphatic carbocycles. The minimum absolute atomic E-state index is 0.213. The normalized spacial score (nSPS) is 11.3. The summed E-state index contributed by atoms with van der Waals surface area (Å²) in [5.74, 6) is 1.87. The molecule has 0 radical (unpaired) electrons. The van der Waals surface area contributed by atoms with Gasteiger partial charge in [-0.25, -0.2) is 4.98 Å². The number of allylic oxidation sites excluding steroid dienone is 1. The van der Waals surface area contributed by atoms with Crippen molar-refractivity contribution in [3.05, 3.63) is 110 Å². The standard InChI is InChI=1S/C30H29BrClN3O3/c1-4-7-22-15-21(16-27(37-6-3)29(22)38-19-20-9-12-24(32)13-10-20)18-33-35-28(8-5-2)34-26-14-11-23(31)17-25(26)30(35)36/h4,9-18H,1,5-8,19H2,2-3H3. The quantitative estimate of drug-likeness (QED) is 0.134. The molecule has 0 bridgehead atoms. The van der Waals surface area contributed by atoms with Crippen molar-refractivity contribution in [3.63, 3.8) is 0 Å². The van der Waals surface area contributed by atoms with E-state index in [0.29, 0.717) is 59.3 Å². The summed E-state index contributed by atoms with van der Waals surface area (Å²) in [7, 11) is 0. The smallest absolute Gasteiger partial charge is 0.282 e. The minimum atomic E-state index is -0.213. The Hall–Kier alpha value is -3.42. The maximum Gasteiger partial charge on any atom is 0.282 e. The van der Waals surface area contributed by atoms with Crippen LogP contribution in [0.5, 0.6) is 11.5 Å². The van der Waals surface area contributed by atoms with Crippen LogP contribution in [0.3, 0.4) is 0 Å². The summed E-state index contributed by atoms with van der Waals surface area (Å²) in [5.41, 5.74) is 3.11. The van der Waals surface area contributed by atoms with Crippen LogP contribution < -0.4 is 15.0 Å². The lowest BCUT2D eigenvalue weighted by atomic mass is 10.1. The summed E-state index contributed by atoms with van der Waals surface area (Å²) in [6.07, 6.45) is 5.51. The van der Waals surface area contributed by atoms with Crippen molar-refractivity contribution in [2.24, 2.45) is 5.10 Å². The largest absolute Gasteiger partial charge is 0.490 e. The van der Waals surface area contributed by atoms with E-state index in [1.165, 1.54) is 4.68 Å². The van der Waals surface area contributed by atoms with E-state index >= 15 is 0 Å². The van der Waals surface area contributed by atoms with Gasteiger partial charge in [-0.3, -0.25) is 4.79 Å². The molecule has 0 aliphatic rings. The molecule has 6 nitrogen and oxygen atoms in total. The van der Waals surface area contributed by atoms with Gasteiger partial charge in [-0.1, -0.05) is 52.7 Å². The lowest BCUT2D eigenvalue weighted by Gasteiger charge is -2.17. The zero-order valence-electron chi connectivity index (χ0n) is 21.4. The van der Waals surface area contributed by atoms with Crippen LogP contribution in [0.1, 0.15) is 42.8 Å². The Morgan fingerprint density at radius 1 is 1.11 bits per heavy atom. The Morgan fingerprint density at radius 3 is 2.61 bits per heavy atom. The van der Waals surface area contributed by atoms with Gasteiger partial charge in [0.2, 0.25) is 0 Å². The second-order valence-electron chi connectivity index (χ2n) is 8.65. The SMILES string of the molecule is C=CCc1cc(C=Nn2c(CCC)nc3ccc(Br)cc3c2=O)cc(OCC)c1OCc1ccc(Cl)cc1. The van der Waals surface area contributed by atoms with E-state index in [4.69, 9.17) is 26.1 Å². The zero-order chi connectivity index (χ0) is 27.1. The molecular formula is C30H29BrClN3O3.